The van der Waals surface area contributed by atoms with E-state index in [0.29, 0.717) is 30.5 Å². The first-order valence-corrected chi connectivity index (χ1v) is 7.03. The molecular weight excluding hydrogens is 228 g/mol. The van der Waals surface area contributed by atoms with Gasteiger partial charge < -0.3 is 14.6 Å². The molecule has 1 N–H and O–H groups in total. The molecule has 0 aliphatic carbocycles. The second kappa shape index (κ2) is 6.18. The Morgan fingerprint density at radius 1 is 1.39 bits per heavy atom. The third-order valence-electron chi connectivity index (χ3n) is 3.46. The zero-order valence-corrected chi connectivity index (χ0v) is 11.6. The Bertz CT molecular complexity index is 364. The van der Waals surface area contributed by atoms with E-state index in [-0.39, 0.29) is 0 Å². The molecule has 1 fully saturated rings. The first kappa shape index (κ1) is 13.3. The molecule has 0 aromatic carbocycles. The average Bonchev–Trinajstić information content (AvgIpc) is 2.85. The van der Waals surface area contributed by atoms with E-state index in [9.17, 15) is 0 Å². The lowest BCUT2D eigenvalue weighted by Gasteiger charge is -2.33. The maximum Gasteiger partial charge on any atom is 0.318 e. The number of hydrogen-bond acceptors (Lipinski definition) is 5. The van der Waals surface area contributed by atoms with Crippen LogP contribution in [0.2, 0.25) is 0 Å². The van der Waals surface area contributed by atoms with E-state index < -0.39 is 0 Å². The molecule has 0 bridgehead atoms. The highest BCUT2D eigenvalue weighted by Gasteiger charge is 2.25. The molecule has 1 atom stereocenters. The van der Waals surface area contributed by atoms with Crippen molar-refractivity contribution < 1.29 is 4.42 Å². The molecule has 2 heterocycles. The van der Waals surface area contributed by atoms with Gasteiger partial charge in [0.25, 0.3) is 0 Å². The molecule has 0 saturated carbocycles. The minimum absolute atomic E-state index is 0.429. The van der Waals surface area contributed by atoms with Crippen molar-refractivity contribution in [3.05, 3.63) is 5.89 Å². The summed E-state index contributed by atoms with van der Waals surface area (Å²) in [6, 6.07) is 1.69. The molecule has 5 nitrogen and oxygen atoms in total. The number of nitrogens with zero attached hydrogens (tertiary/aromatic N) is 3. The van der Waals surface area contributed by atoms with E-state index in [2.05, 4.69) is 41.2 Å². The summed E-state index contributed by atoms with van der Waals surface area (Å²) in [6.45, 7) is 8.12. The van der Waals surface area contributed by atoms with Crippen LogP contribution >= 0.6 is 0 Å². The van der Waals surface area contributed by atoms with Crippen molar-refractivity contribution in [3.8, 4) is 0 Å². The molecular formula is C13H24N4O. The molecule has 1 aromatic heterocycles. The maximum absolute atomic E-state index is 5.75. The Hall–Kier alpha value is -1.10. The molecule has 1 unspecified atom stereocenters. The van der Waals surface area contributed by atoms with Crippen LogP contribution in [-0.4, -0.2) is 28.8 Å². The van der Waals surface area contributed by atoms with Crippen LogP contribution in [-0.2, 0) is 6.54 Å². The monoisotopic (exact) mass is 252 g/mol. The van der Waals surface area contributed by atoms with Crippen molar-refractivity contribution in [2.75, 3.05) is 11.4 Å². The number of anilines is 1. The van der Waals surface area contributed by atoms with Crippen LogP contribution in [0.25, 0.3) is 0 Å². The Kier molecular flexibility index (Phi) is 4.58. The van der Waals surface area contributed by atoms with Gasteiger partial charge in [-0.3, -0.25) is 0 Å². The SMILES string of the molecule is CCC1CCCCN1c1nnc(CNC(C)C)o1. The fraction of sp³-hybridized carbons (Fsp3) is 0.846. The van der Waals surface area contributed by atoms with Gasteiger partial charge in [0.05, 0.1) is 6.54 Å². The Morgan fingerprint density at radius 3 is 2.94 bits per heavy atom. The second-order valence-electron chi connectivity index (χ2n) is 5.27. The van der Waals surface area contributed by atoms with Gasteiger partial charge in [-0.1, -0.05) is 25.9 Å². The Balaban J connectivity index is 1.99. The summed E-state index contributed by atoms with van der Waals surface area (Å²) in [7, 11) is 0. The van der Waals surface area contributed by atoms with E-state index in [1.807, 2.05) is 0 Å². The molecule has 2 rings (SSSR count). The lowest BCUT2D eigenvalue weighted by molar-refractivity contribution is 0.392. The molecule has 0 amide bonds. The van der Waals surface area contributed by atoms with Gasteiger partial charge in [0, 0.05) is 18.6 Å². The van der Waals surface area contributed by atoms with Gasteiger partial charge in [0.1, 0.15) is 0 Å². The largest absolute Gasteiger partial charge is 0.407 e. The molecule has 1 aliphatic heterocycles. The summed E-state index contributed by atoms with van der Waals surface area (Å²) in [6.07, 6.45) is 4.91. The highest BCUT2D eigenvalue weighted by molar-refractivity contribution is 5.27. The van der Waals surface area contributed by atoms with E-state index in [0.717, 1.165) is 13.0 Å². The average molecular weight is 252 g/mol. The molecule has 0 radical (unpaired) electrons. The van der Waals surface area contributed by atoms with E-state index in [1.165, 1.54) is 19.3 Å². The number of nitrogens with one attached hydrogen (secondary N) is 1. The van der Waals surface area contributed by atoms with Gasteiger partial charge in [-0.25, -0.2) is 0 Å². The minimum Gasteiger partial charge on any atom is -0.407 e. The van der Waals surface area contributed by atoms with E-state index >= 15 is 0 Å². The van der Waals surface area contributed by atoms with Crippen LogP contribution < -0.4 is 10.2 Å². The van der Waals surface area contributed by atoms with E-state index in [4.69, 9.17) is 4.42 Å². The third kappa shape index (κ3) is 3.22. The van der Waals surface area contributed by atoms with Gasteiger partial charge in [-0.05, 0) is 25.7 Å². The molecule has 1 aromatic rings. The van der Waals surface area contributed by atoms with Crippen molar-refractivity contribution in [2.24, 2.45) is 0 Å². The second-order valence-corrected chi connectivity index (χ2v) is 5.27. The predicted octanol–water partition coefficient (Wildman–Crippen LogP) is 2.34. The summed E-state index contributed by atoms with van der Waals surface area (Å²) in [5.41, 5.74) is 0. The van der Waals surface area contributed by atoms with Gasteiger partial charge >= 0.3 is 6.01 Å². The predicted molar refractivity (Wildman–Crippen MR) is 71.5 cm³/mol. The van der Waals surface area contributed by atoms with Crippen molar-refractivity contribution in [1.29, 1.82) is 0 Å². The van der Waals surface area contributed by atoms with Crippen LogP contribution in [0.1, 0.15) is 52.3 Å². The number of rotatable bonds is 5. The summed E-state index contributed by atoms with van der Waals surface area (Å²) >= 11 is 0. The van der Waals surface area contributed by atoms with Gasteiger partial charge in [-0.15, -0.1) is 5.10 Å². The Morgan fingerprint density at radius 2 is 2.22 bits per heavy atom. The molecule has 102 valence electrons. The van der Waals surface area contributed by atoms with Crippen molar-refractivity contribution in [1.82, 2.24) is 15.5 Å². The fourth-order valence-electron chi connectivity index (χ4n) is 2.40. The van der Waals surface area contributed by atoms with Crippen molar-refractivity contribution in [3.63, 3.8) is 0 Å². The first-order chi connectivity index (χ1) is 8.70. The molecule has 1 saturated heterocycles. The van der Waals surface area contributed by atoms with Gasteiger partial charge in [0.15, 0.2) is 0 Å². The van der Waals surface area contributed by atoms with Crippen LogP contribution in [0.5, 0.6) is 0 Å². The number of piperidine rings is 1. The van der Waals surface area contributed by atoms with Gasteiger partial charge in [-0.2, -0.15) is 0 Å². The standard InChI is InChI=1S/C13H24N4O/c1-4-11-7-5-6-8-17(11)13-16-15-12(18-13)9-14-10(2)3/h10-11,14H,4-9H2,1-3H3. The third-order valence-corrected chi connectivity index (χ3v) is 3.46. The maximum atomic E-state index is 5.75. The summed E-state index contributed by atoms with van der Waals surface area (Å²) in [5, 5.41) is 11.6. The summed E-state index contributed by atoms with van der Waals surface area (Å²) in [5.74, 6) is 0.680. The zero-order valence-electron chi connectivity index (χ0n) is 11.6. The van der Waals surface area contributed by atoms with Crippen LogP contribution in [0.15, 0.2) is 4.42 Å². The van der Waals surface area contributed by atoms with Crippen LogP contribution in [0.3, 0.4) is 0 Å². The van der Waals surface area contributed by atoms with Crippen LogP contribution in [0, 0.1) is 0 Å². The quantitative estimate of drug-likeness (QED) is 0.871. The minimum atomic E-state index is 0.429. The lowest BCUT2D eigenvalue weighted by atomic mass is 10.0. The molecule has 5 heteroatoms. The van der Waals surface area contributed by atoms with Crippen molar-refractivity contribution >= 4 is 6.01 Å². The smallest absolute Gasteiger partial charge is 0.318 e. The number of aromatic nitrogens is 2. The van der Waals surface area contributed by atoms with Gasteiger partial charge in [0.2, 0.25) is 5.89 Å². The Labute approximate surface area is 109 Å². The number of hydrogen-bond donors (Lipinski definition) is 1. The fourth-order valence-corrected chi connectivity index (χ4v) is 2.40. The zero-order chi connectivity index (χ0) is 13.0. The van der Waals surface area contributed by atoms with E-state index in [1.54, 1.807) is 0 Å². The highest BCUT2D eigenvalue weighted by Crippen LogP contribution is 2.25. The van der Waals surface area contributed by atoms with Crippen LogP contribution in [0.4, 0.5) is 6.01 Å². The first-order valence-electron chi connectivity index (χ1n) is 7.03. The normalized spacial score (nSPS) is 20.7. The molecule has 1 aliphatic rings. The lowest BCUT2D eigenvalue weighted by Crippen LogP contribution is -2.39. The molecule has 0 spiro atoms. The topological polar surface area (TPSA) is 54.2 Å². The van der Waals surface area contributed by atoms with Crippen molar-refractivity contribution in [2.45, 2.75) is 65.1 Å². The summed E-state index contributed by atoms with van der Waals surface area (Å²) < 4.78 is 5.75. The summed E-state index contributed by atoms with van der Waals surface area (Å²) in [4.78, 5) is 2.27. The highest BCUT2D eigenvalue weighted by atomic mass is 16.4. The molecule has 18 heavy (non-hydrogen) atoms.